The maximum Gasteiger partial charge on any atom is 0.343 e. The molecule has 3 atom stereocenters. The molecule has 594 valence electrons. The molecular formula is C75H92F2N10O23. The molecule has 33 nitrogen and oxygen atoms in total. The Hall–Kier alpha value is -10.1. The molecule has 5 heterocycles. The molecular weight excluding hydrogens is 1450 g/mol. The Bertz CT molecular complexity index is 4180. The van der Waals surface area contributed by atoms with Crippen molar-refractivity contribution in [1.82, 2.24) is 46.8 Å². The van der Waals surface area contributed by atoms with Crippen molar-refractivity contribution in [2.75, 3.05) is 151 Å². The van der Waals surface area contributed by atoms with Crippen molar-refractivity contribution in [3.63, 3.8) is 0 Å². The summed E-state index contributed by atoms with van der Waals surface area (Å²) in [5, 5.41) is 29.9. The molecule has 35 heteroatoms. The van der Waals surface area contributed by atoms with E-state index in [2.05, 4.69) is 37.2 Å². The summed E-state index contributed by atoms with van der Waals surface area (Å²) in [4.78, 5) is 150. The molecule has 2 aromatic heterocycles. The van der Waals surface area contributed by atoms with Gasteiger partial charge in [0, 0.05) is 73.8 Å². The lowest BCUT2D eigenvalue weighted by molar-refractivity contribution is -0.173. The number of rotatable bonds is 49. The predicted molar refractivity (Wildman–Crippen MR) is 385 cm³/mol. The molecule has 3 aromatic carbocycles. The van der Waals surface area contributed by atoms with Gasteiger partial charge in [-0.25, -0.2) is 23.5 Å². The van der Waals surface area contributed by atoms with E-state index in [1.807, 2.05) is 0 Å². The number of nitrogens with one attached hydrogen (secondary N) is 7. The maximum atomic E-state index is 15.8. The Morgan fingerprint density at radius 2 is 1.26 bits per heavy atom. The molecule has 0 bridgehead atoms. The molecule has 3 aliphatic heterocycles. The number of benzene rings is 3. The van der Waals surface area contributed by atoms with Gasteiger partial charge in [0.2, 0.25) is 35.4 Å². The molecule has 1 fully saturated rings. The Labute approximate surface area is 631 Å². The number of halogens is 2. The van der Waals surface area contributed by atoms with Gasteiger partial charge in [0.15, 0.2) is 17.2 Å². The molecule has 0 spiro atoms. The van der Waals surface area contributed by atoms with Gasteiger partial charge >= 0.3 is 5.97 Å². The monoisotopic (exact) mass is 1540 g/mol. The lowest BCUT2D eigenvalue weighted by Gasteiger charge is -2.32. The highest BCUT2D eigenvalue weighted by Gasteiger charge is 2.50. The predicted octanol–water partition coefficient (Wildman–Crippen LogP) is 1.01. The number of carbonyl (C=O) groups excluding carboxylic acids is 10. The number of nitrogens with zero attached hydrogens (tertiary/aromatic N) is 3. The lowest BCUT2D eigenvalue weighted by Crippen LogP contribution is -2.52. The van der Waals surface area contributed by atoms with Crippen LogP contribution in [0.3, 0.4) is 0 Å². The number of pyridine rings is 2. The van der Waals surface area contributed by atoms with Gasteiger partial charge < -0.3 is 99.0 Å². The van der Waals surface area contributed by atoms with Crippen LogP contribution in [0.5, 0.6) is 5.75 Å². The summed E-state index contributed by atoms with van der Waals surface area (Å²) in [7, 11) is 1.61. The number of cyclic esters (lactones) is 1. The van der Waals surface area contributed by atoms with Gasteiger partial charge in [-0.15, -0.1) is 0 Å². The fourth-order valence-corrected chi connectivity index (χ4v) is 11.9. The van der Waals surface area contributed by atoms with Gasteiger partial charge in [-0.2, -0.15) is 0 Å². The SMILES string of the molecule is COCCOCCOCCOCCOCCOCCOCCOCCNC(=O)c1cc(N2C(=O)C=CC2=O)cc(F)c1OCCCC(=O)NCC(=O)NCC(=O)N[C@@H](Cc1ccccc1)C(=O)NCC(=O)NCO[C@H](C)C(=O)NCc1c2c(nc3cc(F)c(C)cc13)-c1cc3c(c(=O)n1C2)COC(=O)[C@]3(O)CC1CC1. The second kappa shape index (κ2) is 42.2. The van der Waals surface area contributed by atoms with Gasteiger partial charge in [-0.05, 0) is 67.5 Å². The third-order valence-corrected chi connectivity index (χ3v) is 17.8. The van der Waals surface area contributed by atoms with Crippen LogP contribution < -0.4 is 52.4 Å². The molecule has 0 radical (unpaired) electrons. The minimum absolute atomic E-state index is 0.00732. The number of hydrogen-bond donors (Lipinski definition) is 8. The number of aromatic nitrogens is 2. The molecule has 9 rings (SSSR count). The van der Waals surface area contributed by atoms with Crippen LogP contribution in [0.2, 0.25) is 0 Å². The van der Waals surface area contributed by atoms with E-state index < -0.39 is 126 Å². The summed E-state index contributed by atoms with van der Waals surface area (Å²) in [6, 6.07) is 13.7. The number of methoxy groups -OCH3 is 1. The third-order valence-electron chi connectivity index (χ3n) is 17.8. The smallest absolute Gasteiger partial charge is 0.343 e. The first-order valence-corrected chi connectivity index (χ1v) is 36.1. The van der Waals surface area contributed by atoms with Crippen molar-refractivity contribution < 1.29 is 114 Å². The highest BCUT2D eigenvalue weighted by Crippen LogP contribution is 2.46. The Morgan fingerprint density at radius 3 is 1.90 bits per heavy atom. The van der Waals surface area contributed by atoms with Crippen molar-refractivity contribution in [3.8, 4) is 17.1 Å². The van der Waals surface area contributed by atoms with Crippen LogP contribution in [-0.4, -0.2) is 232 Å². The molecule has 0 unspecified atom stereocenters. The molecule has 4 aliphatic rings. The number of amides is 9. The summed E-state index contributed by atoms with van der Waals surface area (Å²) in [5.74, 6) is -9.61. The van der Waals surface area contributed by atoms with Crippen molar-refractivity contribution >= 4 is 75.7 Å². The molecule has 0 saturated heterocycles. The zero-order valence-electron chi connectivity index (χ0n) is 61.4. The van der Waals surface area contributed by atoms with Crippen LogP contribution in [0.4, 0.5) is 14.5 Å². The van der Waals surface area contributed by atoms with E-state index in [0.717, 1.165) is 37.1 Å². The number of imide groups is 1. The lowest BCUT2D eigenvalue weighted by atomic mass is 9.84. The first-order chi connectivity index (χ1) is 53.1. The van der Waals surface area contributed by atoms with Gasteiger partial charge in [-0.1, -0.05) is 43.2 Å². The quantitative estimate of drug-likeness (QED) is 0.0114. The van der Waals surface area contributed by atoms with E-state index in [1.165, 1.54) is 17.6 Å². The topological polar surface area (TPSA) is 415 Å². The third kappa shape index (κ3) is 24.2. The first kappa shape index (κ1) is 83.9. The fourth-order valence-electron chi connectivity index (χ4n) is 11.9. The minimum Gasteiger partial charge on any atom is -0.490 e. The van der Waals surface area contributed by atoms with Gasteiger partial charge in [0.05, 0.1) is 166 Å². The van der Waals surface area contributed by atoms with Crippen LogP contribution >= 0.6 is 0 Å². The van der Waals surface area contributed by atoms with E-state index in [-0.39, 0.29) is 112 Å². The maximum absolute atomic E-state index is 15.8. The number of esters is 1. The van der Waals surface area contributed by atoms with E-state index in [4.69, 9.17) is 57.1 Å². The number of fused-ring (bicyclic) bond motifs is 5. The Balaban J connectivity index is 0.655. The highest BCUT2D eigenvalue weighted by atomic mass is 19.1. The molecule has 8 N–H and O–H groups in total. The number of aliphatic hydroxyl groups is 1. The summed E-state index contributed by atoms with van der Waals surface area (Å²) < 4.78 is 92.1. The van der Waals surface area contributed by atoms with Crippen LogP contribution in [0.15, 0.2) is 77.6 Å². The fraction of sp³-hybridized carbons (Fsp3) is 0.493. The van der Waals surface area contributed by atoms with Gasteiger partial charge in [0.25, 0.3) is 23.3 Å². The molecule has 5 aromatic rings. The standard InChI is InChI=1S/C75H92F2N10O23/c1-46-32-51-53(54-43-86-61(68(54)85-59(51)37-57(46)76)36-56-55(73(86)97)44-109-74(98)75(56,99)38-49-11-12-49)39-81-70(94)47(2)110-45-83-64(90)41-82-72(96)60(33-48-8-5-4-6-9-48)84-65(91)42-80-63(89)40-79-62(88)10-7-16-108-69-52(34-50(35-58(69)77)87-66(92)13-14-67(87)93)71(95)78-15-17-101-20-21-103-24-25-105-28-29-107-31-30-106-27-26-104-23-22-102-19-18-100-3/h4-6,8-9,13-14,32,34-37,47,49,60,99H,7,10-12,15-31,33,38-45H2,1-3H3,(H,78,95)(H,79,88)(H,80,89)(H,81,94)(H,82,96)(H,83,90)(H,84,91)/t47-,60+,75+/m1/s1. The van der Waals surface area contributed by atoms with Crippen molar-refractivity contribution in [3.05, 3.63) is 134 Å². The number of hydrogen-bond acceptors (Lipinski definition) is 24. The molecule has 110 heavy (non-hydrogen) atoms. The number of carbonyl (C=O) groups is 10. The van der Waals surface area contributed by atoms with Crippen LogP contribution in [0, 0.1) is 24.5 Å². The van der Waals surface area contributed by atoms with Crippen molar-refractivity contribution in [2.45, 2.75) is 89.8 Å². The number of aryl methyl sites for hydroxylation is 1. The average Bonchev–Trinajstić information content (AvgIpc) is 1.53. The average molecular weight is 1540 g/mol. The second-order valence-corrected chi connectivity index (χ2v) is 25.9. The van der Waals surface area contributed by atoms with Crippen LogP contribution in [0.25, 0.3) is 22.3 Å². The zero-order chi connectivity index (χ0) is 78.5. The van der Waals surface area contributed by atoms with Crippen molar-refractivity contribution in [1.29, 1.82) is 0 Å². The van der Waals surface area contributed by atoms with Crippen LogP contribution in [0.1, 0.15) is 82.8 Å². The second-order valence-electron chi connectivity index (χ2n) is 25.9. The van der Waals surface area contributed by atoms with Crippen LogP contribution in [-0.2, 0) is 122 Å². The zero-order valence-corrected chi connectivity index (χ0v) is 61.4. The molecule has 9 amide bonds. The summed E-state index contributed by atoms with van der Waals surface area (Å²) >= 11 is 0. The summed E-state index contributed by atoms with van der Waals surface area (Å²) in [6.45, 7) is 5.41. The minimum atomic E-state index is -2.04. The summed E-state index contributed by atoms with van der Waals surface area (Å²) in [6.07, 6.45) is 2.23. The molecule has 1 saturated carbocycles. The molecule has 1 aliphatic carbocycles. The van der Waals surface area contributed by atoms with Gasteiger partial charge in [-0.3, -0.25) is 47.9 Å². The summed E-state index contributed by atoms with van der Waals surface area (Å²) in [5.41, 5.74) is 0.0225. The Morgan fingerprint density at radius 1 is 0.664 bits per heavy atom. The normalized spacial score (nSPS) is 15.3. The number of ether oxygens (including phenoxy) is 11. The van der Waals surface area contributed by atoms with Crippen molar-refractivity contribution in [2.24, 2.45) is 5.92 Å². The van der Waals surface area contributed by atoms with E-state index >= 15 is 8.78 Å². The number of anilines is 1. The largest absolute Gasteiger partial charge is 0.490 e. The highest BCUT2D eigenvalue weighted by molar-refractivity contribution is 6.28. The van der Waals surface area contributed by atoms with E-state index in [0.29, 0.717) is 123 Å². The van der Waals surface area contributed by atoms with E-state index in [1.54, 1.807) is 56.5 Å². The van der Waals surface area contributed by atoms with Gasteiger partial charge in [0.1, 0.15) is 31.3 Å². The van der Waals surface area contributed by atoms with E-state index in [9.17, 15) is 57.8 Å². The first-order valence-electron chi connectivity index (χ1n) is 36.1. The Kier molecular flexibility index (Phi) is 32.2.